The van der Waals surface area contributed by atoms with Gasteiger partial charge in [0.1, 0.15) is 12.6 Å². The smallest absolute Gasteiger partial charge is 0.306 e. The zero-order valence-corrected chi connectivity index (χ0v) is 44.4. The quantitative estimate of drug-likeness (QED) is 0.0259. The molecule has 390 valence electrons. The molecular formula is C61H99NO7. The van der Waals surface area contributed by atoms with Crippen LogP contribution in [0, 0.1) is 0 Å². The van der Waals surface area contributed by atoms with Crippen LogP contribution in [0.25, 0.3) is 0 Å². The Morgan fingerprint density at radius 2 is 0.826 bits per heavy atom. The Morgan fingerprint density at radius 1 is 0.449 bits per heavy atom. The number of hydrogen-bond acceptors (Lipinski definition) is 7. The van der Waals surface area contributed by atoms with Crippen LogP contribution in [-0.2, 0) is 28.6 Å². The van der Waals surface area contributed by atoms with Gasteiger partial charge in [0.05, 0.1) is 40.3 Å². The zero-order chi connectivity index (χ0) is 50.6. The number of esters is 2. The molecule has 0 amide bonds. The number of carbonyl (C=O) groups is 3. The fourth-order valence-corrected chi connectivity index (χ4v) is 7.18. The van der Waals surface area contributed by atoms with Crippen molar-refractivity contribution in [2.75, 3.05) is 41.0 Å². The highest BCUT2D eigenvalue weighted by Crippen LogP contribution is 2.14. The van der Waals surface area contributed by atoms with Crippen molar-refractivity contribution in [2.45, 2.75) is 206 Å². The Bertz CT molecular complexity index is 1540. The van der Waals surface area contributed by atoms with Crippen LogP contribution in [0.15, 0.2) is 122 Å². The third-order valence-corrected chi connectivity index (χ3v) is 11.3. The van der Waals surface area contributed by atoms with Crippen molar-refractivity contribution in [3.05, 3.63) is 122 Å². The summed E-state index contributed by atoms with van der Waals surface area (Å²) in [5.74, 6) is -1.83. The SMILES string of the molecule is CC/C=C/C/C=C/C/C=C/C/C=C/C/C=C/C/C=C/C/C=C/CCCC(=O)OCC(COCCC(C(=O)[O-])[N+](C)(C)C)OC(=O)CCCCCCCCCCC/C=C/C/C=C/C/C=C/CCCCC. The first-order chi connectivity index (χ1) is 33.6. The average molecular weight is 958 g/mol. The second kappa shape index (κ2) is 50.1. The van der Waals surface area contributed by atoms with Gasteiger partial charge in [-0.2, -0.15) is 0 Å². The lowest BCUT2D eigenvalue weighted by atomic mass is 10.1. The number of hydrogen-bond donors (Lipinski definition) is 0. The van der Waals surface area contributed by atoms with Crippen LogP contribution in [0.3, 0.4) is 0 Å². The van der Waals surface area contributed by atoms with E-state index < -0.39 is 18.1 Å². The van der Waals surface area contributed by atoms with Gasteiger partial charge in [-0.15, -0.1) is 0 Å². The molecule has 0 aliphatic heterocycles. The first-order valence-corrected chi connectivity index (χ1v) is 27.1. The van der Waals surface area contributed by atoms with Crippen molar-refractivity contribution in [2.24, 2.45) is 0 Å². The van der Waals surface area contributed by atoms with Crippen LogP contribution in [0.5, 0.6) is 0 Å². The van der Waals surface area contributed by atoms with Gasteiger partial charge >= 0.3 is 11.9 Å². The Kier molecular flexibility index (Phi) is 47.0. The van der Waals surface area contributed by atoms with Gasteiger partial charge in [-0.05, 0) is 103 Å². The van der Waals surface area contributed by atoms with Crippen molar-refractivity contribution in [1.29, 1.82) is 0 Å². The summed E-state index contributed by atoms with van der Waals surface area (Å²) in [4.78, 5) is 37.1. The number of ether oxygens (including phenoxy) is 3. The molecule has 0 spiro atoms. The Morgan fingerprint density at radius 3 is 1.25 bits per heavy atom. The molecule has 69 heavy (non-hydrogen) atoms. The number of allylic oxidation sites excluding steroid dienone is 20. The summed E-state index contributed by atoms with van der Waals surface area (Å²) in [7, 11) is 5.39. The molecule has 0 N–H and O–H groups in total. The molecule has 8 heteroatoms. The minimum absolute atomic E-state index is 0.0122. The molecule has 0 saturated heterocycles. The standard InChI is InChI=1S/C61H99NO7/c1-6-8-10-12-14-16-18-20-22-24-26-28-30-32-33-35-37-39-41-43-45-47-49-51-59(63)68-56-57(55-67-54-53-58(61(65)66)62(3,4)5)69-60(64)52-50-48-46-44-42-40-38-36-34-31-29-27-25-23-21-19-17-15-13-11-9-7-2/h8,10,14-17,20-23,26-29,32-33,37,39,43,45,57-58H,6-7,9,11-13,18-19,24-25,30-31,34-36,38,40-42,44,46-56H2,1-5H3/b10-8+,16-14+,17-15+,22-20+,23-21+,28-26+,29-27+,33-32+,39-37+,45-43+. The van der Waals surface area contributed by atoms with E-state index in [0.29, 0.717) is 12.8 Å². The first kappa shape index (κ1) is 64.7. The van der Waals surface area contributed by atoms with Gasteiger partial charge in [0.25, 0.3) is 0 Å². The van der Waals surface area contributed by atoms with Crippen LogP contribution in [-0.4, -0.2) is 75.5 Å². The third-order valence-electron chi connectivity index (χ3n) is 11.3. The number of carbonyl (C=O) groups excluding carboxylic acids is 3. The van der Waals surface area contributed by atoms with Crippen molar-refractivity contribution in [1.82, 2.24) is 0 Å². The van der Waals surface area contributed by atoms with Gasteiger partial charge in [0.2, 0.25) is 0 Å². The molecule has 0 radical (unpaired) electrons. The molecule has 2 unspecified atom stereocenters. The fourth-order valence-electron chi connectivity index (χ4n) is 7.18. The highest BCUT2D eigenvalue weighted by Gasteiger charge is 2.25. The Balaban J connectivity index is 4.36. The summed E-state index contributed by atoms with van der Waals surface area (Å²) >= 11 is 0. The molecule has 0 bridgehead atoms. The van der Waals surface area contributed by atoms with E-state index >= 15 is 0 Å². The van der Waals surface area contributed by atoms with E-state index in [0.717, 1.165) is 89.9 Å². The number of likely N-dealkylation sites (N-methyl/N-ethyl adjacent to an activating group) is 1. The molecular weight excluding hydrogens is 859 g/mol. The first-order valence-electron chi connectivity index (χ1n) is 27.1. The van der Waals surface area contributed by atoms with E-state index in [1.165, 1.54) is 64.2 Å². The Labute approximate surface area is 422 Å². The summed E-state index contributed by atoms with van der Waals surface area (Å²) in [6.07, 6.45) is 70.9. The number of carboxylic acids is 1. The minimum atomic E-state index is -1.14. The maximum Gasteiger partial charge on any atom is 0.306 e. The molecule has 0 saturated carbocycles. The van der Waals surface area contributed by atoms with Gasteiger partial charge in [-0.1, -0.05) is 193 Å². The molecule has 0 rings (SSSR count). The largest absolute Gasteiger partial charge is 0.544 e. The molecule has 8 nitrogen and oxygen atoms in total. The van der Waals surface area contributed by atoms with Crippen LogP contribution in [0.1, 0.15) is 194 Å². The van der Waals surface area contributed by atoms with E-state index in [1.54, 1.807) is 21.1 Å². The zero-order valence-electron chi connectivity index (χ0n) is 44.4. The summed E-state index contributed by atoms with van der Waals surface area (Å²) in [5.41, 5.74) is 0. The molecule has 0 aliphatic carbocycles. The number of rotatable bonds is 47. The molecule has 0 heterocycles. The molecule has 0 aromatic rings. The topological polar surface area (TPSA) is 102 Å². The number of aliphatic carboxylic acids is 1. The van der Waals surface area contributed by atoms with Crippen LogP contribution >= 0.6 is 0 Å². The molecule has 0 aromatic heterocycles. The van der Waals surface area contributed by atoms with E-state index in [2.05, 4.69) is 135 Å². The van der Waals surface area contributed by atoms with E-state index in [1.807, 2.05) is 0 Å². The van der Waals surface area contributed by atoms with Gasteiger partial charge in [-0.25, -0.2) is 0 Å². The van der Waals surface area contributed by atoms with Crippen molar-refractivity contribution < 1.29 is 38.2 Å². The van der Waals surface area contributed by atoms with E-state index in [4.69, 9.17) is 14.2 Å². The van der Waals surface area contributed by atoms with Gasteiger partial charge in [0.15, 0.2) is 6.10 Å². The fraction of sp³-hybridized carbons (Fsp3) is 0.623. The van der Waals surface area contributed by atoms with E-state index in [-0.39, 0.29) is 49.1 Å². The molecule has 0 fully saturated rings. The molecule has 0 aromatic carbocycles. The van der Waals surface area contributed by atoms with Crippen molar-refractivity contribution in [3.8, 4) is 0 Å². The highest BCUT2D eigenvalue weighted by molar-refractivity contribution is 5.70. The van der Waals surface area contributed by atoms with Crippen LogP contribution < -0.4 is 5.11 Å². The van der Waals surface area contributed by atoms with Gasteiger partial charge in [-0.3, -0.25) is 9.59 Å². The summed E-state index contributed by atoms with van der Waals surface area (Å²) in [5, 5.41) is 11.7. The van der Waals surface area contributed by atoms with Gasteiger partial charge < -0.3 is 28.6 Å². The average Bonchev–Trinajstić information content (AvgIpc) is 3.31. The van der Waals surface area contributed by atoms with E-state index in [9.17, 15) is 19.5 Å². The maximum absolute atomic E-state index is 12.8. The molecule has 0 aliphatic rings. The highest BCUT2D eigenvalue weighted by atomic mass is 16.6. The lowest BCUT2D eigenvalue weighted by molar-refractivity contribution is -0.889. The lowest BCUT2D eigenvalue weighted by Crippen LogP contribution is -2.55. The second-order valence-corrected chi connectivity index (χ2v) is 18.7. The number of quaternary nitrogens is 1. The predicted octanol–water partition coefficient (Wildman–Crippen LogP) is 14.8. The number of unbranched alkanes of at least 4 members (excludes halogenated alkanes) is 13. The molecule has 2 atom stereocenters. The minimum Gasteiger partial charge on any atom is -0.544 e. The summed E-state index contributed by atoms with van der Waals surface area (Å²) in [6.45, 7) is 4.45. The monoisotopic (exact) mass is 958 g/mol. The Hall–Kier alpha value is -4.27. The van der Waals surface area contributed by atoms with Crippen molar-refractivity contribution in [3.63, 3.8) is 0 Å². The van der Waals surface area contributed by atoms with Crippen LogP contribution in [0.2, 0.25) is 0 Å². The normalized spacial score (nSPS) is 13.8. The number of carboxylic acid groups (broad SMARTS) is 1. The van der Waals surface area contributed by atoms with Crippen LogP contribution in [0.4, 0.5) is 0 Å². The lowest BCUT2D eigenvalue weighted by Gasteiger charge is -2.34. The van der Waals surface area contributed by atoms with Crippen molar-refractivity contribution >= 4 is 17.9 Å². The predicted molar refractivity (Wildman–Crippen MR) is 291 cm³/mol. The second-order valence-electron chi connectivity index (χ2n) is 18.7. The number of nitrogens with zero attached hydrogens (tertiary/aromatic N) is 1. The third kappa shape index (κ3) is 48.5. The summed E-state index contributed by atoms with van der Waals surface area (Å²) < 4.78 is 17.2. The maximum atomic E-state index is 12.8. The van der Waals surface area contributed by atoms with Gasteiger partial charge in [0, 0.05) is 19.3 Å². The summed E-state index contributed by atoms with van der Waals surface area (Å²) in [6, 6.07) is -0.744.